The molecule has 0 aliphatic heterocycles. The Morgan fingerprint density at radius 2 is 1.95 bits per heavy atom. The van der Waals surface area contributed by atoms with Crippen LogP contribution < -0.4 is 20.9 Å². The summed E-state index contributed by atoms with van der Waals surface area (Å²) in [6.07, 6.45) is -0.388. The number of nitrogens with two attached hydrogens (primary N) is 2. The van der Waals surface area contributed by atoms with E-state index in [-0.39, 0.29) is 12.6 Å². The highest BCUT2D eigenvalue weighted by molar-refractivity contribution is 5.95. The topological polar surface area (TPSA) is 87.6 Å². The maximum Gasteiger partial charge on any atom is 0.252 e. The fourth-order valence-electron chi connectivity index (χ4n) is 2.02. The summed E-state index contributed by atoms with van der Waals surface area (Å²) in [6.45, 7) is 0.264. The molecule has 110 valence electrons. The van der Waals surface area contributed by atoms with E-state index in [4.69, 9.17) is 20.9 Å². The molecular formula is C16H18N2O3. The molecule has 2 rings (SSSR count). The van der Waals surface area contributed by atoms with Crippen molar-refractivity contribution < 1.29 is 14.3 Å². The van der Waals surface area contributed by atoms with Gasteiger partial charge in [-0.2, -0.15) is 0 Å². The van der Waals surface area contributed by atoms with Crippen molar-refractivity contribution >= 4 is 5.91 Å². The van der Waals surface area contributed by atoms with E-state index < -0.39 is 5.91 Å². The molecule has 1 unspecified atom stereocenters. The number of hydrogen-bond acceptors (Lipinski definition) is 4. The van der Waals surface area contributed by atoms with E-state index in [1.54, 1.807) is 31.4 Å². The molecule has 2 aromatic rings. The van der Waals surface area contributed by atoms with Crippen LogP contribution >= 0.6 is 0 Å². The number of carbonyl (C=O) groups is 1. The smallest absolute Gasteiger partial charge is 0.252 e. The summed E-state index contributed by atoms with van der Waals surface area (Å²) in [5.41, 5.74) is 12.3. The quantitative estimate of drug-likeness (QED) is 0.848. The number of benzene rings is 2. The van der Waals surface area contributed by atoms with Gasteiger partial charge in [-0.05, 0) is 29.8 Å². The van der Waals surface area contributed by atoms with Crippen LogP contribution in [-0.4, -0.2) is 19.6 Å². The molecule has 0 aromatic heterocycles. The number of carbonyl (C=O) groups excluding carboxylic acids is 1. The van der Waals surface area contributed by atoms with Crippen molar-refractivity contribution in [1.82, 2.24) is 0 Å². The number of hydrogen-bond donors (Lipinski definition) is 2. The van der Waals surface area contributed by atoms with Gasteiger partial charge in [-0.25, -0.2) is 0 Å². The molecular weight excluding hydrogens is 268 g/mol. The van der Waals surface area contributed by atoms with Gasteiger partial charge < -0.3 is 20.9 Å². The van der Waals surface area contributed by atoms with Gasteiger partial charge >= 0.3 is 0 Å². The molecule has 0 fully saturated rings. The van der Waals surface area contributed by atoms with Crippen LogP contribution in [0.1, 0.15) is 22.0 Å². The summed E-state index contributed by atoms with van der Waals surface area (Å²) in [7, 11) is 1.60. The minimum Gasteiger partial charge on any atom is -0.497 e. The lowest BCUT2D eigenvalue weighted by Gasteiger charge is -2.19. The summed E-state index contributed by atoms with van der Waals surface area (Å²) in [5, 5.41) is 0. The Morgan fingerprint density at radius 1 is 1.19 bits per heavy atom. The standard InChI is InChI=1S/C16H18N2O3/c1-20-12-6-4-5-11(9-12)15(10-17)21-14-8-3-2-7-13(14)16(18)19/h2-9,15H,10,17H2,1H3,(H2,18,19). The second-order valence-electron chi connectivity index (χ2n) is 4.48. The number of amides is 1. The average molecular weight is 286 g/mol. The minimum absolute atomic E-state index is 0.264. The number of ether oxygens (including phenoxy) is 2. The summed E-state index contributed by atoms with van der Waals surface area (Å²) in [5.74, 6) is 0.605. The molecule has 0 aliphatic rings. The average Bonchev–Trinajstić information content (AvgIpc) is 2.52. The molecule has 5 heteroatoms. The molecule has 1 amide bonds. The maximum absolute atomic E-state index is 11.4. The second kappa shape index (κ2) is 6.76. The third-order valence-electron chi connectivity index (χ3n) is 3.10. The third-order valence-corrected chi connectivity index (χ3v) is 3.10. The maximum atomic E-state index is 11.4. The molecule has 0 spiro atoms. The Kier molecular flexibility index (Phi) is 4.79. The van der Waals surface area contributed by atoms with Crippen molar-refractivity contribution in [2.45, 2.75) is 6.10 Å². The van der Waals surface area contributed by atoms with E-state index >= 15 is 0 Å². The van der Waals surface area contributed by atoms with E-state index in [0.717, 1.165) is 11.3 Å². The van der Waals surface area contributed by atoms with Crippen LogP contribution in [0.3, 0.4) is 0 Å². The number of rotatable bonds is 6. The monoisotopic (exact) mass is 286 g/mol. The highest BCUT2D eigenvalue weighted by Crippen LogP contribution is 2.26. The number of para-hydroxylation sites is 1. The van der Waals surface area contributed by atoms with Crippen LogP contribution in [0.5, 0.6) is 11.5 Å². The molecule has 1 atom stereocenters. The van der Waals surface area contributed by atoms with Crippen molar-refractivity contribution in [1.29, 1.82) is 0 Å². The lowest BCUT2D eigenvalue weighted by Crippen LogP contribution is -2.20. The lowest BCUT2D eigenvalue weighted by atomic mass is 10.1. The first-order valence-corrected chi connectivity index (χ1v) is 6.55. The van der Waals surface area contributed by atoms with E-state index in [9.17, 15) is 4.79 Å². The van der Waals surface area contributed by atoms with Gasteiger partial charge in [-0.1, -0.05) is 24.3 Å². The predicted molar refractivity (Wildman–Crippen MR) is 80.4 cm³/mol. The fourth-order valence-corrected chi connectivity index (χ4v) is 2.02. The molecule has 21 heavy (non-hydrogen) atoms. The second-order valence-corrected chi connectivity index (χ2v) is 4.48. The molecule has 0 heterocycles. The number of primary amides is 1. The van der Waals surface area contributed by atoms with Crippen molar-refractivity contribution in [3.05, 3.63) is 59.7 Å². The SMILES string of the molecule is COc1cccc(C(CN)Oc2ccccc2C(N)=O)c1. The van der Waals surface area contributed by atoms with Crippen LogP contribution in [-0.2, 0) is 0 Å². The Hall–Kier alpha value is -2.53. The molecule has 0 saturated heterocycles. The Balaban J connectivity index is 2.29. The van der Waals surface area contributed by atoms with Gasteiger partial charge in [0.1, 0.15) is 17.6 Å². The van der Waals surface area contributed by atoms with E-state index in [2.05, 4.69) is 0 Å². The Bertz CT molecular complexity index is 628. The van der Waals surface area contributed by atoms with Crippen molar-refractivity contribution in [3.8, 4) is 11.5 Å². The van der Waals surface area contributed by atoms with Gasteiger partial charge in [0.2, 0.25) is 0 Å². The van der Waals surface area contributed by atoms with Crippen LogP contribution in [0.25, 0.3) is 0 Å². The molecule has 0 aliphatic carbocycles. The molecule has 0 bridgehead atoms. The van der Waals surface area contributed by atoms with E-state index in [1.807, 2.05) is 24.3 Å². The van der Waals surface area contributed by atoms with Crippen molar-refractivity contribution in [2.24, 2.45) is 11.5 Å². The molecule has 5 nitrogen and oxygen atoms in total. The van der Waals surface area contributed by atoms with Gasteiger partial charge in [-0.15, -0.1) is 0 Å². The summed E-state index contributed by atoms with van der Waals surface area (Å²) in [6, 6.07) is 14.3. The molecule has 0 radical (unpaired) electrons. The highest BCUT2D eigenvalue weighted by atomic mass is 16.5. The van der Waals surface area contributed by atoms with Crippen molar-refractivity contribution in [3.63, 3.8) is 0 Å². The zero-order valence-corrected chi connectivity index (χ0v) is 11.8. The van der Waals surface area contributed by atoms with Gasteiger partial charge in [0.25, 0.3) is 5.91 Å². The van der Waals surface area contributed by atoms with Crippen LogP contribution in [0.2, 0.25) is 0 Å². The zero-order chi connectivity index (χ0) is 15.2. The summed E-state index contributed by atoms with van der Waals surface area (Å²) < 4.78 is 11.1. The van der Waals surface area contributed by atoms with Crippen molar-refractivity contribution in [2.75, 3.05) is 13.7 Å². The predicted octanol–water partition coefficient (Wildman–Crippen LogP) is 1.87. The first kappa shape index (κ1) is 14.9. The highest BCUT2D eigenvalue weighted by Gasteiger charge is 2.16. The first-order chi connectivity index (χ1) is 10.2. The first-order valence-electron chi connectivity index (χ1n) is 6.55. The normalized spacial score (nSPS) is 11.7. The Labute approximate surface area is 123 Å². The lowest BCUT2D eigenvalue weighted by molar-refractivity contribution is 0.0993. The minimum atomic E-state index is -0.535. The van der Waals surface area contributed by atoms with Crippen LogP contribution in [0.4, 0.5) is 0 Å². The van der Waals surface area contributed by atoms with Crippen LogP contribution in [0, 0.1) is 0 Å². The zero-order valence-electron chi connectivity index (χ0n) is 11.8. The van der Waals surface area contributed by atoms with Gasteiger partial charge in [0.05, 0.1) is 12.7 Å². The van der Waals surface area contributed by atoms with Crippen LogP contribution in [0.15, 0.2) is 48.5 Å². The van der Waals surface area contributed by atoms with Gasteiger partial charge in [0, 0.05) is 6.54 Å². The molecule has 0 saturated carbocycles. The fraction of sp³-hybridized carbons (Fsp3) is 0.188. The van der Waals surface area contributed by atoms with E-state index in [1.165, 1.54) is 0 Å². The van der Waals surface area contributed by atoms with E-state index in [0.29, 0.717) is 11.3 Å². The largest absolute Gasteiger partial charge is 0.497 e. The van der Waals surface area contributed by atoms with Gasteiger partial charge in [-0.3, -0.25) is 4.79 Å². The third kappa shape index (κ3) is 3.52. The summed E-state index contributed by atoms with van der Waals surface area (Å²) >= 11 is 0. The molecule has 2 aromatic carbocycles. The van der Waals surface area contributed by atoms with Gasteiger partial charge in [0.15, 0.2) is 0 Å². The molecule has 4 N–H and O–H groups in total. The Morgan fingerprint density at radius 3 is 2.62 bits per heavy atom. The number of methoxy groups -OCH3 is 1. The summed E-state index contributed by atoms with van der Waals surface area (Å²) in [4.78, 5) is 11.4.